The molecule has 0 unspecified atom stereocenters. The van der Waals surface area contributed by atoms with Gasteiger partial charge >= 0.3 is 0 Å². The van der Waals surface area contributed by atoms with Gasteiger partial charge in [-0.1, -0.05) is 23.8 Å². The number of carbonyl (C=O) groups excluding carboxylic acids is 1. The van der Waals surface area contributed by atoms with Crippen molar-refractivity contribution < 1.29 is 27.6 Å². The molecule has 2 aliphatic heterocycles. The second-order valence-corrected chi connectivity index (χ2v) is 6.53. The molecule has 128 valence electrons. The molecule has 24 heavy (non-hydrogen) atoms. The molecule has 0 radical (unpaired) electrons. The van der Waals surface area contributed by atoms with Crippen molar-refractivity contribution in [2.75, 3.05) is 23.9 Å². The Morgan fingerprint density at radius 1 is 1.33 bits per heavy atom. The number of anilines is 1. The van der Waals surface area contributed by atoms with Gasteiger partial charge in [-0.05, 0) is 12.5 Å². The highest BCUT2D eigenvalue weighted by atomic mass is 32.2. The van der Waals surface area contributed by atoms with Gasteiger partial charge in [-0.3, -0.25) is 9.69 Å². The average Bonchev–Trinajstić information content (AvgIpc) is 3.29. The average molecular weight is 356 g/mol. The summed E-state index contributed by atoms with van der Waals surface area (Å²) in [5.74, 6) is -1.43. The van der Waals surface area contributed by atoms with Crippen LogP contribution < -0.4 is 4.90 Å². The highest BCUT2D eigenvalue weighted by molar-refractivity contribution is 8.14. The predicted octanol–water partition coefficient (Wildman–Crippen LogP) is 3.60. The highest BCUT2D eigenvalue weighted by Gasteiger charge is 2.36. The van der Waals surface area contributed by atoms with Gasteiger partial charge in [0.1, 0.15) is 0 Å². The summed E-state index contributed by atoms with van der Waals surface area (Å²) in [7, 11) is 0. The van der Waals surface area contributed by atoms with Crippen LogP contribution in [0.4, 0.5) is 19.4 Å². The Hall–Kier alpha value is -1.71. The maximum absolute atomic E-state index is 14.4. The number of rotatable bonds is 3. The number of aromatic nitrogens is 1. The topological polar surface area (TPSA) is 64.8 Å². The highest BCUT2D eigenvalue weighted by Crippen LogP contribution is 2.39. The Bertz CT molecular complexity index is 806. The third-order valence-electron chi connectivity index (χ3n) is 4.19. The van der Waals surface area contributed by atoms with Crippen molar-refractivity contribution in [1.29, 1.82) is 0 Å². The van der Waals surface area contributed by atoms with Crippen molar-refractivity contribution in [1.82, 2.24) is 5.16 Å². The van der Waals surface area contributed by atoms with E-state index in [0.717, 1.165) is 6.42 Å². The molecule has 0 spiro atoms. The number of amides is 1. The predicted molar refractivity (Wildman–Crippen MR) is 83.0 cm³/mol. The zero-order valence-corrected chi connectivity index (χ0v) is 13.6. The molecular formula is C15H14F2N2O4S. The van der Waals surface area contributed by atoms with Gasteiger partial charge < -0.3 is 14.0 Å². The minimum atomic E-state index is -1.16. The maximum Gasteiger partial charge on any atom is 0.287 e. The number of hydrogen-bond donors (Lipinski definition) is 0. The van der Waals surface area contributed by atoms with Crippen LogP contribution in [0.5, 0.6) is 0 Å². The normalized spacial score (nSPS) is 22.2. The summed E-state index contributed by atoms with van der Waals surface area (Å²) in [5.41, 5.74) is -0.377. The summed E-state index contributed by atoms with van der Waals surface area (Å²) in [6.45, 7) is 2.56. The van der Waals surface area contributed by atoms with Crippen LogP contribution in [0.15, 0.2) is 10.6 Å². The van der Waals surface area contributed by atoms with E-state index in [0.29, 0.717) is 19.0 Å². The van der Waals surface area contributed by atoms with E-state index < -0.39 is 17.9 Å². The number of nitrogens with zero attached hydrogens (tertiary/aromatic N) is 2. The van der Waals surface area contributed by atoms with E-state index in [-0.39, 0.29) is 33.6 Å². The number of hydrogen-bond acceptors (Lipinski definition) is 6. The summed E-state index contributed by atoms with van der Waals surface area (Å²) in [6.07, 6.45) is -0.254. The van der Waals surface area contributed by atoms with Crippen LogP contribution >= 0.6 is 11.8 Å². The summed E-state index contributed by atoms with van der Waals surface area (Å²) in [4.78, 5) is 13.6. The molecule has 0 bridgehead atoms. The van der Waals surface area contributed by atoms with Crippen molar-refractivity contribution in [3.05, 3.63) is 23.3 Å². The SMILES string of the molecule is CC[C@@H]1CSC(=O)N1c1noc2c(F)c(F)c(C3OCCO3)cc12. The summed E-state index contributed by atoms with van der Waals surface area (Å²) in [5, 5.41) is 3.87. The number of fused-ring (bicyclic) bond motifs is 1. The Kier molecular flexibility index (Phi) is 3.93. The van der Waals surface area contributed by atoms with Crippen molar-refractivity contribution in [2.45, 2.75) is 25.7 Å². The summed E-state index contributed by atoms with van der Waals surface area (Å²) in [6, 6.07) is 1.32. The Morgan fingerprint density at radius 2 is 2.08 bits per heavy atom. The summed E-state index contributed by atoms with van der Waals surface area (Å²) >= 11 is 1.17. The lowest BCUT2D eigenvalue weighted by Gasteiger charge is -2.20. The Labute approximate surface area is 140 Å². The first-order valence-electron chi connectivity index (χ1n) is 7.58. The number of carbonyl (C=O) groups is 1. The Morgan fingerprint density at radius 3 is 2.79 bits per heavy atom. The molecule has 0 aliphatic carbocycles. The fourth-order valence-electron chi connectivity index (χ4n) is 2.93. The van der Waals surface area contributed by atoms with Crippen LogP contribution in [-0.4, -0.2) is 35.4 Å². The molecule has 2 saturated heterocycles. The first kappa shape index (κ1) is 15.8. The minimum Gasteiger partial charge on any atom is -0.351 e. The first-order valence-corrected chi connectivity index (χ1v) is 8.56. The van der Waals surface area contributed by atoms with Crippen LogP contribution in [0.1, 0.15) is 25.2 Å². The molecule has 1 aromatic carbocycles. The third-order valence-corrected chi connectivity index (χ3v) is 5.19. The van der Waals surface area contributed by atoms with Gasteiger partial charge in [0.05, 0.1) is 18.6 Å². The largest absolute Gasteiger partial charge is 0.351 e. The van der Waals surface area contributed by atoms with Crippen LogP contribution in [0.25, 0.3) is 11.0 Å². The molecule has 1 amide bonds. The molecule has 0 N–H and O–H groups in total. The zero-order chi connectivity index (χ0) is 16.8. The van der Waals surface area contributed by atoms with Gasteiger partial charge in [0.15, 0.2) is 17.9 Å². The first-order chi connectivity index (χ1) is 11.6. The number of ether oxygens (including phenoxy) is 2. The molecule has 9 heteroatoms. The molecule has 4 rings (SSSR count). The van der Waals surface area contributed by atoms with E-state index in [1.165, 1.54) is 22.7 Å². The maximum atomic E-state index is 14.4. The zero-order valence-electron chi connectivity index (χ0n) is 12.8. The van der Waals surface area contributed by atoms with E-state index >= 15 is 0 Å². The van der Waals surface area contributed by atoms with E-state index in [1.807, 2.05) is 6.92 Å². The number of thioether (sulfide) groups is 1. The van der Waals surface area contributed by atoms with Gasteiger partial charge in [-0.2, -0.15) is 4.39 Å². The molecule has 6 nitrogen and oxygen atoms in total. The molecule has 2 fully saturated rings. The minimum absolute atomic E-state index is 0.0608. The second kappa shape index (κ2) is 5.98. The smallest absolute Gasteiger partial charge is 0.287 e. The number of benzene rings is 1. The molecular weight excluding hydrogens is 342 g/mol. The van der Waals surface area contributed by atoms with Gasteiger partial charge in [0.25, 0.3) is 5.24 Å². The monoisotopic (exact) mass is 356 g/mol. The number of halogens is 2. The molecule has 2 aliphatic rings. The van der Waals surface area contributed by atoms with Crippen LogP contribution in [0.3, 0.4) is 0 Å². The standard InChI is InChI=1S/C15H14F2N2O4S/c1-2-7-6-24-15(20)19(7)13-9-5-8(14-21-3-4-22-14)10(16)11(17)12(9)23-18-13/h5,7,14H,2-4,6H2,1H3/t7-/m1/s1. The van der Waals surface area contributed by atoms with Gasteiger partial charge in [0.2, 0.25) is 11.4 Å². The van der Waals surface area contributed by atoms with E-state index in [2.05, 4.69) is 5.16 Å². The van der Waals surface area contributed by atoms with Crippen molar-refractivity contribution in [3.63, 3.8) is 0 Å². The van der Waals surface area contributed by atoms with Gasteiger partial charge in [-0.15, -0.1) is 0 Å². The van der Waals surface area contributed by atoms with E-state index in [4.69, 9.17) is 14.0 Å². The van der Waals surface area contributed by atoms with Crippen LogP contribution in [0, 0.1) is 11.6 Å². The second-order valence-electron chi connectivity index (χ2n) is 5.56. The quantitative estimate of drug-likeness (QED) is 0.837. The molecule has 0 saturated carbocycles. The van der Waals surface area contributed by atoms with Crippen molar-refractivity contribution >= 4 is 33.8 Å². The lowest BCUT2D eigenvalue weighted by atomic mass is 10.1. The van der Waals surface area contributed by atoms with Gasteiger partial charge in [-0.25, -0.2) is 4.39 Å². The molecule has 1 atom stereocenters. The van der Waals surface area contributed by atoms with E-state index in [9.17, 15) is 13.6 Å². The molecule has 3 heterocycles. The lowest BCUT2D eigenvalue weighted by molar-refractivity contribution is -0.0467. The van der Waals surface area contributed by atoms with E-state index in [1.54, 1.807) is 0 Å². The van der Waals surface area contributed by atoms with Crippen molar-refractivity contribution in [2.24, 2.45) is 0 Å². The lowest BCUT2D eigenvalue weighted by Crippen LogP contribution is -2.33. The summed E-state index contributed by atoms with van der Waals surface area (Å²) < 4.78 is 44.2. The van der Waals surface area contributed by atoms with Crippen molar-refractivity contribution in [3.8, 4) is 0 Å². The van der Waals surface area contributed by atoms with Gasteiger partial charge in [0, 0.05) is 17.4 Å². The fraction of sp³-hybridized carbons (Fsp3) is 0.467. The van der Waals surface area contributed by atoms with Crippen LogP contribution in [0.2, 0.25) is 0 Å². The Balaban J connectivity index is 1.87. The molecule has 1 aromatic heterocycles. The fourth-order valence-corrected chi connectivity index (χ4v) is 4.02. The van der Waals surface area contributed by atoms with Crippen LogP contribution in [-0.2, 0) is 9.47 Å². The third kappa shape index (κ3) is 2.30. The molecule has 2 aromatic rings.